The first-order chi connectivity index (χ1) is 19.5. The van der Waals surface area contributed by atoms with Gasteiger partial charge in [-0.25, -0.2) is 9.48 Å². The molecule has 206 valence electrons. The topological polar surface area (TPSA) is 106 Å². The normalized spacial score (nSPS) is 14.4. The highest BCUT2D eigenvalue weighted by Crippen LogP contribution is 2.27. The monoisotopic (exact) mass is 539 g/mol. The summed E-state index contributed by atoms with van der Waals surface area (Å²) in [5, 5.41) is 11.6. The Morgan fingerprint density at radius 2 is 1.65 bits per heavy atom. The summed E-state index contributed by atoms with van der Waals surface area (Å²) >= 11 is 0. The molecule has 0 aliphatic heterocycles. The molecule has 1 aromatic heterocycles. The van der Waals surface area contributed by atoms with Crippen LogP contribution in [0.5, 0.6) is 0 Å². The third-order valence-corrected chi connectivity index (χ3v) is 7.38. The van der Waals surface area contributed by atoms with Crippen molar-refractivity contribution in [3.8, 4) is 0 Å². The van der Waals surface area contributed by atoms with Crippen LogP contribution in [0.1, 0.15) is 59.6 Å². The lowest BCUT2D eigenvalue weighted by Gasteiger charge is -2.33. The Kier molecular flexibility index (Phi) is 8.49. The van der Waals surface area contributed by atoms with E-state index in [9.17, 15) is 14.4 Å². The molecule has 0 saturated heterocycles. The van der Waals surface area contributed by atoms with Crippen LogP contribution in [0.2, 0.25) is 0 Å². The van der Waals surface area contributed by atoms with E-state index in [0.717, 1.165) is 43.2 Å². The summed E-state index contributed by atoms with van der Waals surface area (Å²) in [6, 6.07) is 22.9. The molecule has 0 bridgehead atoms. The molecule has 1 N–H and O–H groups in total. The highest BCUT2D eigenvalue weighted by Gasteiger charge is 2.33. The van der Waals surface area contributed by atoms with Gasteiger partial charge in [0.05, 0.1) is 18.2 Å². The van der Waals surface area contributed by atoms with Crippen molar-refractivity contribution in [3.05, 3.63) is 95.6 Å². The van der Waals surface area contributed by atoms with Crippen molar-refractivity contribution in [3.63, 3.8) is 0 Å². The van der Waals surface area contributed by atoms with Gasteiger partial charge in [-0.15, -0.1) is 5.10 Å². The highest BCUT2D eigenvalue weighted by atomic mass is 16.5. The predicted molar refractivity (Wildman–Crippen MR) is 150 cm³/mol. The fourth-order valence-electron chi connectivity index (χ4n) is 5.28. The molecule has 4 aromatic rings. The molecule has 0 radical (unpaired) electrons. The minimum atomic E-state index is -0.920. The zero-order valence-corrected chi connectivity index (χ0v) is 22.5. The van der Waals surface area contributed by atoms with Crippen LogP contribution < -0.4 is 5.32 Å². The van der Waals surface area contributed by atoms with Crippen LogP contribution in [-0.2, 0) is 27.4 Å². The van der Waals surface area contributed by atoms with Crippen molar-refractivity contribution in [2.75, 3.05) is 7.11 Å². The number of ether oxygens (including phenoxy) is 1. The van der Waals surface area contributed by atoms with E-state index >= 15 is 0 Å². The van der Waals surface area contributed by atoms with Gasteiger partial charge in [0.25, 0.3) is 0 Å². The first-order valence-electron chi connectivity index (χ1n) is 13.6. The van der Waals surface area contributed by atoms with Gasteiger partial charge in [0, 0.05) is 12.6 Å². The fourth-order valence-corrected chi connectivity index (χ4v) is 5.28. The van der Waals surface area contributed by atoms with Gasteiger partial charge >= 0.3 is 5.97 Å². The van der Waals surface area contributed by atoms with Crippen molar-refractivity contribution in [1.29, 1.82) is 0 Å². The number of para-hydroxylation sites is 1. The number of fused-ring (bicyclic) bond motifs is 1. The second kappa shape index (κ2) is 12.5. The summed E-state index contributed by atoms with van der Waals surface area (Å²) in [7, 11) is 1.32. The Morgan fingerprint density at radius 3 is 2.38 bits per heavy atom. The molecule has 1 atom stereocenters. The van der Waals surface area contributed by atoms with Crippen LogP contribution in [0.25, 0.3) is 11.0 Å². The molecule has 3 aromatic carbocycles. The number of carbonyl (C=O) groups excluding carboxylic acids is 3. The van der Waals surface area contributed by atoms with Gasteiger partial charge in [-0.3, -0.25) is 9.59 Å². The molecule has 9 nitrogen and oxygen atoms in total. The number of esters is 1. The molecule has 1 saturated carbocycles. The second-order valence-electron chi connectivity index (χ2n) is 10.1. The Morgan fingerprint density at radius 1 is 0.950 bits per heavy atom. The minimum absolute atomic E-state index is 0.0611. The van der Waals surface area contributed by atoms with E-state index in [1.165, 1.54) is 7.11 Å². The van der Waals surface area contributed by atoms with Crippen LogP contribution in [0.4, 0.5) is 0 Å². The summed E-state index contributed by atoms with van der Waals surface area (Å²) < 4.78 is 6.41. The van der Waals surface area contributed by atoms with E-state index in [1.807, 2.05) is 54.6 Å². The molecule has 1 heterocycles. The maximum Gasteiger partial charge on any atom is 0.337 e. The number of hydrogen-bond acceptors (Lipinski definition) is 6. The summed E-state index contributed by atoms with van der Waals surface area (Å²) in [5.41, 5.74) is 3.29. The molecule has 2 amide bonds. The molecule has 1 aliphatic rings. The zero-order chi connectivity index (χ0) is 27.9. The summed E-state index contributed by atoms with van der Waals surface area (Å²) in [4.78, 5) is 41.8. The van der Waals surface area contributed by atoms with Crippen molar-refractivity contribution in [1.82, 2.24) is 25.2 Å². The average molecular weight is 540 g/mol. The summed E-state index contributed by atoms with van der Waals surface area (Å²) in [6.45, 7) is 0.134. The Hall–Kier alpha value is -4.53. The molecule has 0 spiro atoms. The number of hydrogen-bond donors (Lipinski definition) is 1. The molecular formula is C31H33N5O4. The van der Waals surface area contributed by atoms with Crippen molar-refractivity contribution in [2.24, 2.45) is 0 Å². The Balaban J connectivity index is 1.52. The van der Waals surface area contributed by atoms with Crippen molar-refractivity contribution < 1.29 is 19.1 Å². The zero-order valence-electron chi connectivity index (χ0n) is 22.5. The number of nitrogens with one attached hydrogen (secondary N) is 1. The third kappa shape index (κ3) is 6.20. The van der Waals surface area contributed by atoms with Crippen LogP contribution in [0.3, 0.4) is 0 Å². The Bertz CT molecular complexity index is 1460. The lowest BCUT2D eigenvalue weighted by Crippen LogP contribution is -2.47. The maximum absolute atomic E-state index is 14.1. The Labute approximate surface area is 233 Å². The number of carbonyl (C=O) groups is 3. The van der Waals surface area contributed by atoms with Gasteiger partial charge in [0.1, 0.15) is 18.1 Å². The van der Waals surface area contributed by atoms with Gasteiger partial charge in [-0.1, -0.05) is 79.1 Å². The van der Waals surface area contributed by atoms with Gasteiger partial charge in [0.15, 0.2) is 0 Å². The standard InChI is InChI=1S/C31H33N5O4/c1-40-31(39)24-18-16-23(17-19-24)29(30(38)32-25-12-6-3-7-13-25)35(20-22-10-4-2-5-11-22)28(37)21-36-27-15-9-8-14-26(27)33-34-36/h2,4-5,8-11,14-19,25,29H,3,6-7,12-13,20-21H2,1H3,(H,32,38)/t29-/m1/s1. The number of nitrogens with zero attached hydrogens (tertiary/aromatic N) is 4. The van der Waals surface area contributed by atoms with Gasteiger partial charge in [-0.2, -0.15) is 0 Å². The molecule has 5 rings (SSSR count). The van der Waals surface area contributed by atoms with E-state index in [4.69, 9.17) is 4.74 Å². The lowest BCUT2D eigenvalue weighted by atomic mass is 9.94. The first-order valence-corrected chi connectivity index (χ1v) is 13.6. The van der Waals surface area contributed by atoms with Gasteiger partial charge in [0.2, 0.25) is 11.8 Å². The van der Waals surface area contributed by atoms with E-state index < -0.39 is 12.0 Å². The molecule has 0 unspecified atom stereocenters. The van der Waals surface area contributed by atoms with Crippen LogP contribution in [0.15, 0.2) is 78.9 Å². The molecule has 1 fully saturated rings. The number of methoxy groups -OCH3 is 1. The van der Waals surface area contributed by atoms with E-state index in [-0.39, 0.29) is 30.9 Å². The van der Waals surface area contributed by atoms with E-state index in [0.29, 0.717) is 16.6 Å². The van der Waals surface area contributed by atoms with Crippen LogP contribution in [0, 0.1) is 0 Å². The maximum atomic E-state index is 14.1. The molecule has 40 heavy (non-hydrogen) atoms. The van der Waals surface area contributed by atoms with Gasteiger partial charge < -0.3 is 15.0 Å². The highest BCUT2D eigenvalue weighted by molar-refractivity contribution is 5.91. The summed E-state index contributed by atoms with van der Waals surface area (Å²) in [5.74, 6) is -0.990. The minimum Gasteiger partial charge on any atom is -0.465 e. The largest absolute Gasteiger partial charge is 0.465 e. The quantitative estimate of drug-likeness (QED) is 0.315. The van der Waals surface area contributed by atoms with Crippen LogP contribution in [-0.4, -0.2) is 50.8 Å². The van der Waals surface area contributed by atoms with E-state index in [2.05, 4.69) is 15.6 Å². The number of amides is 2. The average Bonchev–Trinajstić information content (AvgIpc) is 3.40. The third-order valence-electron chi connectivity index (χ3n) is 7.38. The predicted octanol–water partition coefficient (Wildman–Crippen LogP) is 4.44. The summed E-state index contributed by atoms with van der Waals surface area (Å²) in [6.07, 6.45) is 5.12. The SMILES string of the molecule is COC(=O)c1ccc([C@H](C(=O)NC2CCCCC2)N(Cc2ccccc2)C(=O)Cn2nnc3ccccc32)cc1. The molecule has 9 heteroatoms. The van der Waals surface area contributed by atoms with E-state index in [1.54, 1.807) is 33.8 Å². The fraction of sp³-hybridized carbons (Fsp3) is 0.323. The number of benzene rings is 3. The first kappa shape index (κ1) is 27.1. The van der Waals surface area contributed by atoms with Crippen molar-refractivity contribution >= 4 is 28.8 Å². The number of aromatic nitrogens is 3. The molecular weight excluding hydrogens is 506 g/mol. The number of rotatable bonds is 9. The van der Waals surface area contributed by atoms with Crippen LogP contribution >= 0.6 is 0 Å². The molecule has 1 aliphatic carbocycles. The van der Waals surface area contributed by atoms with Gasteiger partial charge in [-0.05, 0) is 48.2 Å². The smallest absolute Gasteiger partial charge is 0.337 e. The lowest BCUT2D eigenvalue weighted by molar-refractivity contribution is -0.142. The second-order valence-corrected chi connectivity index (χ2v) is 10.1. The van der Waals surface area contributed by atoms with Crippen molar-refractivity contribution in [2.45, 2.75) is 57.3 Å².